The van der Waals surface area contributed by atoms with E-state index in [-0.39, 0.29) is 10.6 Å². The second-order valence-electron chi connectivity index (χ2n) is 5.32. The van der Waals surface area contributed by atoms with Crippen LogP contribution in [0, 0.1) is 5.92 Å². The summed E-state index contributed by atoms with van der Waals surface area (Å²) in [4.78, 5) is 11.8. The van der Waals surface area contributed by atoms with Gasteiger partial charge in [-0.15, -0.1) is 0 Å². The van der Waals surface area contributed by atoms with Crippen molar-refractivity contribution in [2.24, 2.45) is 13.0 Å². The van der Waals surface area contributed by atoms with Gasteiger partial charge in [0.05, 0.1) is 7.11 Å². The van der Waals surface area contributed by atoms with E-state index in [1.165, 1.54) is 22.0 Å². The summed E-state index contributed by atoms with van der Waals surface area (Å²) in [6.45, 7) is 3.15. The molecule has 1 saturated heterocycles. The highest BCUT2D eigenvalue weighted by Gasteiger charge is 2.32. The summed E-state index contributed by atoms with van der Waals surface area (Å²) in [7, 11) is -0.716. The van der Waals surface area contributed by atoms with Crippen LogP contribution < -0.4 is 0 Å². The van der Waals surface area contributed by atoms with E-state index in [0.29, 0.717) is 23.6 Å². The molecule has 1 aliphatic rings. The molecule has 1 aromatic rings. The standard InChI is InChI=1S/C13H19BrN2O4S/c1-9-4-6-16(7-5-9)21(18,19)11-8-10(13(17)20-3)15(2)12(11)14/h8-9H,4-7H2,1-3H3. The van der Waals surface area contributed by atoms with E-state index >= 15 is 0 Å². The van der Waals surface area contributed by atoms with Gasteiger partial charge in [-0.1, -0.05) is 6.92 Å². The monoisotopic (exact) mass is 378 g/mol. The van der Waals surface area contributed by atoms with Gasteiger partial charge in [0.25, 0.3) is 0 Å². The minimum absolute atomic E-state index is 0.111. The van der Waals surface area contributed by atoms with Gasteiger partial charge in [0.2, 0.25) is 10.0 Å². The smallest absolute Gasteiger partial charge is 0.354 e. The number of piperidine rings is 1. The first-order valence-electron chi connectivity index (χ1n) is 6.72. The molecule has 8 heteroatoms. The van der Waals surface area contributed by atoms with E-state index in [0.717, 1.165) is 12.8 Å². The lowest BCUT2D eigenvalue weighted by molar-refractivity contribution is 0.0589. The summed E-state index contributed by atoms with van der Waals surface area (Å²) in [5.41, 5.74) is 0.202. The molecule has 0 amide bonds. The number of hydrogen-bond donors (Lipinski definition) is 0. The van der Waals surface area contributed by atoms with Crippen molar-refractivity contribution < 1.29 is 17.9 Å². The Bertz CT molecular complexity index is 645. The third-order valence-electron chi connectivity index (χ3n) is 3.88. The van der Waals surface area contributed by atoms with Crippen LogP contribution in [0.1, 0.15) is 30.3 Å². The SMILES string of the molecule is COC(=O)c1cc(S(=O)(=O)N2CCC(C)CC2)c(Br)n1C. The van der Waals surface area contributed by atoms with E-state index in [1.54, 1.807) is 7.05 Å². The average Bonchev–Trinajstić information content (AvgIpc) is 2.75. The van der Waals surface area contributed by atoms with Crippen LogP contribution in [0.3, 0.4) is 0 Å². The molecule has 1 fully saturated rings. The average molecular weight is 379 g/mol. The fourth-order valence-corrected chi connectivity index (χ4v) is 4.90. The van der Waals surface area contributed by atoms with E-state index in [9.17, 15) is 13.2 Å². The molecule has 1 aliphatic heterocycles. The summed E-state index contributed by atoms with van der Waals surface area (Å²) < 4.78 is 33.4. The summed E-state index contributed by atoms with van der Waals surface area (Å²) in [6.07, 6.45) is 1.71. The fraction of sp³-hybridized carbons (Fsp3) is 0.615. The van der Waals surface area contributed by atoms with Gasteiger partial charge in [0.1, 0.15) is 15.2 Å². The number of rotatable bonds is 3. The first-order chi connectivity index (χ1) is 9.78. The zero-order chi connectivity index (χ0) is 15.8. The van der Waals surface area contributed by atoms with Crippen molar-refractivity contribution in [1.82, 2.24) is 8.87 Å². The molecule has 0 atom stereocenters. The third kappa shape index (κ3) is 3.02. The van der Waals surface area contributed by atoms with Gasteiger partial charge in [-0.25, -0.2) is 13.2 Å². The number of sulfonamides is 1. The van der Waals surface area contributed by atoms with Crippen LogP contribution in [-0.4, -0.2) is 43.5 Å². The molecular formula is C13H19BrN2O4S. The number of aromatic nitrogens is 1. The van der Waals surface area contributed by atoms with E-state index < -0.39 is 16.0 Å². The lowest BCUT2D eigenvalue weighted by atomic mass is 10.0. The molecule has 2 rings (SSSR count). The first kappa shape index (κ1) is 16.5. The summed E-state index contributed by atoms with van der Waals surface area (Å²) in [5, 5.41) is 0. The number of nitrogens with zero attached hydrogens (tertiary/aromatic N) is 2. The Morgan fingerprint density at radius 2 is 1.95 bits per heavy atom. The summed E-state index contributed by atoms with van der Waals surface area (Å²) in [5.74, 6) is -0.0202. The zero-order valence-corrected chi connectivity index (χ0v) is 14.7. The van der Waals surface area contributed by atoms with Crippen LogP contribution in [0.4, 0.5) is 0 Å². The first-order valence-corrected chi connectivity index (χ1v) is 8.96. The second kappa shape index (κ2) is 6.10. The van der Waals surface area contributed by atoms with E-state index in [4.69, 9.17) is 0 Å². The molecule has 0 N–H and O–H groups in total. The van der Waals surface area contributed by atoms with Crippen molar-refractivity contribution in [1.29, 1.82) is 0 Å². The number of hydrogen-bond acceptors (Lipinski definition) is 4. The van der Waals surface area contributed by atoms with Crippen molar-refractivity contribution in [3.8, 4) is 0 Å². The highest BCUT2D eigenvalue weighted by Crippen LogP contribution is 2.30. The third-order valence-corrected chi connectivity index (χ3v) is 7.02. The molecule has 0 spiro atoms. The Hall–Kier alpha value is -0.860. The molecule has 6 nitrogen and oxygen atoms in total. The molecule has 0 bridgehead atoms. The molecule has 0 aliphatic carbocycles. The van der Waals surface area contributed by atoms with Crippen LogP contribution in [0.25, 0.3) is 0 Å². The highest BCUT2D eigenvalue weighted by atomic mass is 79.9. The molecular weight excluding hydrogens is 360 g/mol. The molecule has 0 saturated carbocycles. The van der Waals surface area contributed by atoms with Crippen molar-refractivity contribution in [2.45, 2.75) is 24.7 Å². The Morgan fingerprint density at radius 1 is 1.38 bits per heavy atom. The topological polar surface area (TPSA) is 68.6 Å². The Morgan fingerprint density at radius 3 is 2.48 bits per heavy atom. The molecule has 0 unspecified atom stereocenters. The quantitative estimate of drug-likeness (QED) is 0.754. The fourth-order valence-electron chi connectivity index (χ4n) is 2.40. The lowest BCUT2D eigenvalue weighted by Crippen LogP contribution is -2.37. The van der Waals surface area contributed by atoms with Crippen LogP contribution in [0.2, 0.25) is 0 Å². The van der Waals surface area contributed by atoms with Gasteiger partial charge in [0, 0.05) is 20.1 Å². The van der Waals surface area contributed by atoms with Crippen LogP contribution >= 0.6 is 15.9 Å². The van der Waals surface area contributed by atoms with E-state index in [2.05, 4.69) is 27.6 Å². The Labute approximate surface area is 133 Å². The number of carbonyl (C=O) groups excluding carboxylic acids is 1. The molecule has 118 valence electrons. The van der Waals surface area contributed by atoms with Gasteiger partial charge in [-0.2, -0.15) is 4.31 Å². The number of methoxy groups -OCH3 is 1. The maximum atomic E-state index is 12.7. The maximum absolute atomic E-state index is 12.7. The predicted octanol–water partition coefficient (Wildman–Crippen LogP) is 1.99. The van der Waals surface area contributed by atoms with Gasteiger partial charge < -0.3 is 9.30 Å². The molecule has 0 aromatic carbocycles. The lowest BCUT2D eigenvalue weighted by Gasteiger charge is -2.29. The molecule has 2 heterocycles. The van der Waals surface area contributed by atoms with Crippen molar-refractivity contribution in [2.75, 3.05) is 20.2 Å². The molecule has 1 aromatic heterocycles. The summed E-state index contributed by atoms with van der Waals surface area (Å²) >= 11 is 3.26. The van der Waals surface area contributed by atoms with Crippen LogP contribution in [0.5, 0.6) is 0 Å². The summed E-state index contributed by atoms with van der Waals surface area (Å²) in [6, 6.07) is 1.36. The predicted molar refractivity (Wildman–Crippen MR) is 81.6 cm³/mol. The number of carbonyl (C=O) groups is 1. The maximum Gasteiger partial charge on any atom is 0.354 e. The van der Waals surface area contributed by atoms with Gasteiger partial charge in [0.15, 0.2) is 0 Å². The minimum atomic E-state index is -3.60. The van der Waals surface area contributed by atoms with Crippen molar-refractivity contribution in [3.05, 3.63) is 16.4 Å². The van der Waals surface area contributed by atoms with Crippen molar-refractivity contribution in [3.63, 3.8) is 0 Å². The largest absolute Gasteiger partial charge is 0.464 e. The van der Waals surface area contributed by atoms with Gasteiger partial charge in [-0.3, -0.25) is 0 Å². The van der Waals surface area contributed by atoms with Crippen molar-refractivity contribution >= 4 is 31.9 Å². The Balaban J connectivity index is 2.39. The number of ether oxygens (including phenoxy) is 1. The number of esters is 1. The normalized spacial score (nSPS) is 17.9. The molecule has 0 radical (unpaired) electrons. The molecule has 21 heavy (non-hydrogen) atoms. The van der Waals surface area contributed by atoms with E-state index in [1.807, 2.05) is 0 Å². The Kier molecular flexibility index (Phi) is 4.79. The number of halogens is 1. The minimum Gasteiger partial charge on any atom is -0.464 e. The van der Waals surface area contributed by atoms with Crippen LogP contribution in [-0.2, 0) is 21.8 Å². The zero-order valence-electron chi connectivity index (χ0n) is 12.3. The van der Waals surface area contributed by atoms with Gasteiger partial charge in [-0.05, 0) is 40.8 Å². The van der Waals surface area contributed by atoms with Crippen LogP contribution in [0.15, 0.2) is 15.6 Å². The van der Waals surface area contributed by atoms with Gasteiger partial charge >= 0.3 is 5.97 Å². The second-order valence-corrected chi connectivity index (χ2v) is 7.98. The highest BCUT2D eigenvalue weighted by molar-refractivity contribution is 9.10.